The van der Waals surface area contributed by atoms with E-state index in [0.717, 1.165) is 4.47 Å². The lowest BCUT2D eigenvalue weighted by Gasteiger charge is -2.15. The second-order valence-electron chi connectivity index (χ2n) is 3.51. The fourth-order valence-electron chi connectivity index (χ4n) is 1.35. The Morgan fingerprint density at radius 2 is 2.11 bits per heavy atom. The summed E-state index contributed by atoms with van der Waals surface area (Å²) in [5.41, 5.74) is 0.453. The van der Waals surface area contributed by atoms with Crippen molar-refractivity contribution in [3.63, 3.8) is 0 Å². The Balaban J connectivity index is 2.75. The van der Waals surface area contributed by atoms with Crippen LogP contribution in [0.3, 0.4) is 0 Å². The van der Waals surface area contributed by atoms with Crippen LogP contribution in [0.1, 0.15) is 10.4 Å². The summed E-state index contributed by atoms with van der Waals surface area (Å²) in [6.07, 6.45) is 0. The molecule has 0 heterocycles. The molecule has 0 spiro atoms. The van der Waals surface area contributed by atoms with E-state index in [9.17, 15) is 9.59 Å². The van der Waals surface area contributed by atoms with Crippen molar-refractivity contribution in [2.75, 3.05) is 20.8 Å². The van der Waals surface area contributed by atoms with E-state index in [1.165, 1.54) is 14.2 Å². The first kappa shape index (κ1) is 14.7. The Morgan fingerprint density at radius 3 is 2.67 bits per heavy atom. The van der Waals surface area contributed by atoms with Crippen LogP contribution in [0, 0.1) is 0 Å². The molecule has 6 heteroatoms. The molecule has 0 unspecified atom stereocenters. The molecule has 0 saturated heterocycles. The number of amides is 1. The third-order valence-corrected chi connectivity index (χ3v) is 2.70. The summed E-state index contributed by atoms with van der Waals surface area (Å²) >= 11 is 3.27. The number of nitrogens with one attached hydrogen (secondary N) is 1. The Kier molecular flexibility index (Phi) is 5.80. The van der Waals surface area contributed by atoms with Gasteiger partial charge in [0.05, 0.1) is 13.7 Å². The molecule has 1 N–H and O–H groups in total. The molecule has 0 radical (unpaired) electrons. The highest BCUT2D eigenvalue weighted by Gasteiger charge is 2.21. The Hall–Kier alpha value is -1.40. The zero-order chi connectivity index (χ0) is 13.5. The van der Waals surface area contributed by atoms with Crippen molar-refractivity contribution < 1.29 is 19.1 Å². The van der Waals surface area contributed by atoms with Gasteiger partial charge in [-0.25, -0.2) is 4.79 Å². The summed E-state index contributed by atoms with van der Waals surface area (Å²) in [5, 5.41) is 2.55. The molecule has 1 aromatic carbocycles. The van der Waals surface area contributed by atoms with E-state index >= 15 is 0 Å². The van der Waals surface area contributed by atoms with E-state index in [1.807, 2.05) is 6.07 Å². The van der Waals surface area contributed by atoms with Crippen LogP contribution in [0.2, 0.25) is 0 Å². The minimum Gasteiger partial charge on any atom is -0.467 e. The normalized spacial score (nSPS) is 11.7. The van der Waals surface area contributed by atoms with Gasteiger partial charge >= 0.3 is 5.97 Å². The lowest BCUT2D eigenvalue weighted by molar-refractivity contribution is -0.144. The quantitative estimate of drug-likeness (QED) is 0.833. The highest BCUT2D eigenvalue weighted by Crippen LogP contribution is 2.11. The average molecular weight is 316 g/mol. The summed E-state index contributed by atoms with van der Waals surface area (Å²) in [4.78, 5) is 23.3. The van der Waals surface area contributed by atoms with Gasteiger partial charge < -0.3 is 14.8 Å². The summed E-state index contributed by atoms with van der Waals surface area (Å²) in [6.45, 7) is 0.0619. The molecular formula is C12H14BrNO4. The van der Waals surface area contributed by atoms with Gasteiger partial charge in [0.15, 0.2) is 6.04 Å². The SMILES string of the molecule is COC[C@H](NC(=O)c1cccc(Br)c1)C(=O)OC. The molecule has 1 atom stereocenters. The van der Waals surface area contributed by atoms with Crippen LogP contribution >= 0.6 is 15.9 Å². The van der Waals surface area contributed by atoms with Crippen molar-refractivity contribution >= 4 is 27.8 Å². The Labute approximate surface area is 114 Å². The predicted molar refractivity (Wildman–Crippen MR) is 69.3 cm³/mol. The highest BCUT2D eigenvalue weighted by atomic mass is 79.9. The van der Waals surface area contributed by atoms with Gasteiger partial charge in [-0.2, -0.15) is 0 Å². The molecule has 1 aromatic rings. The smallest absolute Gasteiger partial charge is 0.330 e. The minimum absolute atomic E-state index is 0.0619. The summed E-state index contributed by atoms with van der Waals surface area (Å²) in [6, 6.07) is 6.05. The van der Waals surface area contributed by atoms with Gasteiger partial charge in [0.25, 0.3) is 5.91 Å². The lowest BCUT2D eigenvalue weighted by atomic mass is 10.2. The number of rotatable bonds is 5. The van der Waals surface area contributed by atoms with Crippen molar-refractivity contribution in [1.29, 1.82) is 0 Å². The maximum atomic E-state index is 11.9. The van der Waals surface area contributed by atoms with E-state index < -0.39 is 12.0 Å². The minimum atomic E-state index is -0.813. The number of methoxy groups -OCH3 is 2. The molecule has 5 nitrogen and oxygen atoms in total. The first-order valence-corrected chi connectivity index (χ1v) is 6.01. The first-order chi connectivity index (χ1) is 8.58. The predicted octanol–water partition coefficient (Wildman–Crippen LogP) is 1.37. The van der Waals surface area contributed by atoms with Crippen molar-refractivity contribution in [3.05, 3.63) is 34.3 Å². The van der Waals surface area contributed by atoms with Gasteiger partial charge in [0.2, 0.25) is 0 Å². The Morgan fingerprint density at radius 1 is 1.39 bits per heavy atom. The number of ether oxygens (including phenoxy) is 2. The standard InChI is InChI=1S/C12H14BrNO4/c1-17-7-10(12(16)18-2)14-11(15)8-4-3-5-9(13)6-8/h3-6,10H,7H2,1-2H3,(H,14,15)/t10-/m0/s1. The molecule has 98 valence electrons. The van der Waals surface area contributed by atoms with Crippen molar-refractivity contribution in [1.82, 2.24) is 5.32 Å². The lowest BCUT2D eigenvalue weighted by Crippen LogP contribution is -2.44. The molecular weight excluding hydrogens is 302 g/mol. The number of hydrogen-bond acceptors (Lipinski definition) is 4. The van der Waals surface area contributed by atoms with Gasteiger partial charge in [-0.05, 0) is 18.2 Å². The largest absolute Gasteiger partial charge is 0.467 e. The van der Waals surface area contributed by atoms with Crippen molar-refractivity contribution in [3.8, 4) is 0 Å². The molecule has 0 aliphatic carbocycles. The summed E-state index contributed by atoms with van der Waals surface area (Å²) < 4.78 is 10.2. The highest BCUT2D eigenvalue weighted by molar-refractivity contribution is 9.10. The van der Waals surface area contributed by atoms with Crippen LogP contribution in [0.5, 0.6) is 0 Å². The van der Waals surface area contributed by atoms with Crippen molar-refractivity contribution in [2.24, 2.45) is 0 Å². The van der Waals surface area contributed by atoms with Crippen LogP contribution in [0.25, 0.3) is 0 Å². The fraction of sp³-hybridized carbons (Fsp3) is 0.333. The molecule has 0 aliphatic heterocycles. The maximum Gasteiger partial charge on any atom is 0.330 e. The summed E-state index contributed by atoms with van der Waals surface area (Å²) in [5.74, 6) is -0.899. The van der Waals surface area contributed by atoms with Crippen molar-refractivity contribution in [2.45, 2.75) is 6.04 Å². The van der Waals surface area contributed by atoms with Crippen LogP contribution in [0.15, 0.2) is 28.7 Å². The molecule has 0 bridgehead atoms. The topological polar surface area (TPSA) is 64.6 Å². The van der Waals surface area contributed by atoms with E-state index in [4.69, 9.17) is 4.74 Å². The first-order valence-electron chi connectivity index (χ1n) is 5.21. The van der Waals surface area contributed by atoms with Crippen LogP contribution in [-0.4, -0.2) is 38.7 Å². The van der Waals surface area contributed by atoms with E-state index in [-0.39, 0.29) is 12.5 Å². The van der Waals surface area contributed by atoms with Gasteiger partial charge in [0.1, 0.15) is 0 Å². The molecule has 0 aliphatic rings. The number of hydrogen-bond donors (Lipinski definition) is 1. The van der Waals surface area contributed by atoms with Crippen LogP contribution in [-0.2, 0) is 14.3 Å². The zero-order valence-corrected chi connectivity index (χ0v) is 11.7. The maximum absolute atomic E-state index is 11.9. The second-order valence-corrected chi connectivity index (χ2v) is 4.43. The number of carbonyl (C=O) groups excluding carboxylic acids is 2. The van der Waals surface area contributed by atoms with E-state index in [1.54, 1.807) is 18.2 Å². The molecule has 0 aromatic heterocycles. The molecule has 0 saturated carbocycles. The van der Waals surface area contributed by atoms with Crippen LogP contribution in [0.4, 0.5) is 0 Å². The number of benzene rings is 1. The molecule has 1 amide bonds. The average Bonchev–Trinajstić information content (AvgIpc) is 2.37. The third-order valence-electron chi connectivity index (χ3n) is 2.21. The zero-order valence-electron chi connectivity index (χ0n) is 10.1. The fourth-order valence-corrected chi connectivity index (χ4v) is 1.75. The number of halogens is 1. The van der Waals surface area contributed by atoms with Gasteiger partial charge in [-0.15, -0.1) is 0 Å². The number of carbonyl (C=O) groups is 2. The summed E-state index contributed by atoms with van der Waals surface area (Å²) in [7, 11) is 2.71. The second kappa shape index (κ2) is 7.13. The van der Waals surface area contributed by atoms with Crippen LogP contribution < -0.4 is 5.32 Å². The Bertz CT molecular complexity index is 436. The van der Waals surface area contributed by atoms with E-state index in [0.29, 0.717) is 5.56 Å². The molecule has 0 fully saturated rings. The van der Waals surface area contributed by atoms with Gasteiger partial charge in [-0.3, -0.25) is 4.79 Å². The molecule has 1 rings (SSSR count). The van der Waals surface area contributed by atoms with Gasteiger partial charge in [0, 0.05) is 17.1 Å². The monoisotopic (exact) mass is 315 g/mol. The van der Waals surface area contributed by atoms with E-state index in [2.05, 4.69) is 26.0 Å². The third kappa shape index (κ3) is 4.12. The van der Waals surface area contributed by atoms with Gasteiger partial charge in [-0.1, -0.05) is 22.0 Å². The molecule has 18 heavy (non-hydrogen) atoms. The number of esters is 1.